The molecule has 0 spiro atoms. The predicted octanol–water partition coefficient (Wildman–Crippen LogP) is 4.40. The number of nitrogens with zero attached hydrogens (tertiary/aromatic N) is 8. The Bertz CT molecular complexity index is 1400. The van der Waals surface area contributed by atoms with Gasteiger partial charge in [0.2, 0.25) is 5.95 Å². The van der Waals surface area contributed by atoms with Crippen LogP contribution in [-0.4, -0.2) is 46.1 Å². The second-order valence-corrected chi connectivity index (χ2v) is 8.41. The number of halogens is 1. The van der Waals surface area contributed by atoms with Gasteiger partial charge in [-0.15, -0.1) is 5.10 Å². The Balaban J connectivity index is 1.25. The fraction of sp³-hybridized carbons (Fsp3) is 0.167. The van der Waals surface area contributed by atoms with Crippen LogP contribution in [0.3, 0.4) is 0 Å². The molecule has 0 aliphatic rings. The third-order valence-corrected chi connectivity index (χ3v) is 5.57. The number of benzene rings is 2. The molecule has 176 valence electrons. The highest BCUT2D eigenvalue weighted by molar-refractivity contribution is 6.32. The van der Waals surface area contributed by atoms with Crippen LogP contribution < -0.4 is 10.1 Å². The Morgan fingerprint density at radius 3 is 2.43 bits per heavy atom. The quantitative estimate of drug-likeness (QED) is 0.343. The number of rotatable bonds is 8. The van der Waals surface area contributed by atoms with E-state index in [1.807, 2.05) is 62.8 Å². The van der Waals surface area contributed by atoms with Crippen molar-refractivity contribution in [2.75, 3.05) is 5.32 Å². The maximum absolute atomic E-state index is 6.36. The number of hydrogen-bond acceptors (Lipinski definition) is 8. The summed E-state index contributed by atoms with van der Waals surface area (Å²) in [6, 6.07) is 13.6. The molecule has 1 atom stereocenters. The molecule has 0 aliphatic carbocycles. The van der Waals surface area contributed by atoms with E-state index in [0.29, 0.717) is 23.3 Å². The van der Waals surface area contributed by atoms with Crippen LogP contribution in [-0.2, 0) is 13.6 Å². The normalized spacial score (nSPS) is 11.9. The van der Waals surface area contributed by atoms with E-state index in [2.05, 4.69) is 35.9 Å². The number of nitrogens with one attached hydrogen (secondary N) is 1. The first-order chi connectivity index (χ1) is 17.0. The van der Waals surface area contributed by atoms with Crippen LogP contribution in [0.1, 0.15) is 6.92 Å². The van der Waals surface area contributed by atoms with Crippen LogP contribution in [0.15, 0.2) is 73.6 Å². The second-order valence-electron chi connectivity index (χ2n) is 8.01. The number of aryl methyl sites for hydroxylation is 1. The average molecular weight is 488 g/mol. The molecule has 10 nitrogen and oxygen atoms in total. The van der Waals surface area contributed by atoms with Gasteiger partial charge < -0.3 is 10.1 Å². The SMILES string of the molecule is CC(Cn1cnnn1)Oc1cc(-c2cnc(Nc3ccc(-c4cnn(C)c4)cc3)nc2)ccc1Cl. The highest BCUT2D eigenvalue weighted by atomic mass is 35.5. The highest BCUT2D eigenvalue weighted by Crippen LogP contribution is 2.31. The van der Waals surface area contributed by atoms with Gasteiger partial charge >= 0.3 is 0 Å². The molecule has 5 rings (SSSR count). The van der Waals surface area contributed by atoms with Gasteiger partial charge in [0.05, 0.1) is 17.8 Å². The summed E-state index contributed by atoms with van der Waals surface area (Å²) in [5, 5.41) is 19.1. The Hall–Kier alpha value is -4.31. The molecule has 2 aromatic carbocycles. The predicted molar refractivity (Wildman–Crippen MR) is 132 cm³/mol. The molecule has 0 aliphatic heterocycles. The summed E-state index contributed by atoms with van der Waals surface area (Å²) in [7, 11) is 1.90. The van der Waals surface area contributed by atoms with E-state index >= 15 is 0 Å². The number of anilines is 2. The van der Waals surface area contributed by atoms with Crippen molar-refractivity contribution in [2.45, 2.75) is 19.6 Å². The van der Waals surface area contributed by atoms with Crippen molar-refractivity contribution in [3.8, 4) is 28.0 Å². The van der Waals surface area contributed by atoms with Crippen molar-refractivity contribution < 1.29 is 4.74 Å². The number of aromatic nitrogens is 8. The fourth-order valence-electron chi connectivity index (χ4n) is 3.54. The first kappa shape index (κ1) is 22.5. The summed E-state index contributed by atoms with van der Waals surface area (Å²) in [6.07, 6.45) is 8.70. The van der Waals surface area contributed by atoms with Gasteiger partial charge in [-0.25, -0.2) is 14.6 Å². The summed E-state index contributed by atoms with van der Waals surface area (Å²) >= 11 is 6.36. The van der Waals surface area contributed by atoms with Gasteiger partial charge in [-0.2, -0.15) is 5.10 Å². The lowest BCUT2D eigenvalue weighted by atomic mass is 10.1. The maximum Gasteiger partial charge on any atom is 0.227 e. The maximum atomic E-state index is 6.36. The molecule has 35 heavy (non-hydrogen) atoms. The topological polar surface area (TPSA) is 108 Å². The smallest absolute Gasteiger partial charge is 0.227 e. The molecular weight excluding hydrogens is 466 g/mol. The lowest BCUT2D eigenvalue weighted by Crippen LogP contribution is -2.20. The lowest BCUT2D eigenvalue weighted by molar-refractivity contribution is 0.193. The van der Waals surface area contributed by atoms with Crippen molar-refractivity contribution in [2.24, 2.45) is 7.05 Å². The fourth-order valence-corrected chi connectivity index (χ4v) is 3.70. The first-order valence-electron chi connectivity index (χ1n) is 10.9. The Kier molecular flexibility index (Phi) is 6.36. The van der Waals surface area contributed by atoms with E-state index in [1.165, 1.54) is 0 Å². The molecule has 1 N–H and O–H groups in total. The second kappa shape index (κ2) is 9.90. The third-order valence-electron chi connectivity index (χ3n) is 5.26. The summed E-state index contributed by atoms with van der Waals surface area (Å²) in [6.45, 7) is 2.43. The minimum absolute atomic E-state index is 0.182. The van der Waals surface area contributed by atoms with Crippen LogP contribution in [0.5, 0.6) is 5.75 Å². The number of ether oxygens (including phenoxy) is 1. The van der Waals surface area contributed by atoms with Crippen LogP contribution in [0, 0.1) is 0 Å². The molecule has 0 fully saturated rings. The van der Waals surface area contributed by atoms with Crippen LogP contribution in [0.25, 0.3) is 22.3 Å². The number of tetrazole rings is 1. The summed E-state index contributed by atoms with van der Waals surface area (Å²) in [5.74, 6) is 1.07. The molecule has 3 heterocycles. The first-order valence-corrected chi connectivity index (χ1v) is 11.3. The van der Waals surface area contributed by atoms with E-state index in [9.17, 15) is 0 Å². The van der Waals surface area contributed by atoms with Crippen molar-refractivity contribution in [1.29, 1.82) is 0 Å². The zero-order chi connectivity index (χ0) is 24.2. The Morgan fingerprint density at radius 2 is 1.74 bits per heavy atom. The summed E-state index contributed by atoms with van der Waals surface area (Å²) in [4.78, 5) is 8.92. The molecule has 11 heteroatoms. The van der Waals surface area contributed by atoms with Gasteiger partial charge in [-0.1, -0.05) is 29.8 Å². The molecule has 1 unspecified atom stereocenters. The van der Waals surface area contributed by atoms with Gasteiger partial charge in [0, 0.05) is 42.5 Å². The molecule has 3 aromatic heterocycles. The molecule has 0 saturated heterocycles. The van der Waals surface area contributed by atoms with E-state index in [-0.39, 0.29) is 6.10 Å². The van der Waals surface area contributed by atoms with Crippen molar-refractivity contribution in [1.82, 2.24) is 40.0 Å². The lowest BCUT2D eigenvalue weighted by Gasteiger charge is -2.16. The summed E-state index contributed by atoms with van der Waals surface area (Å²) in [5.41, 5.74) is 4.79. The van der Waals surface area contributed by atoms with Crippen LogP contribution >= 0.6 is 11.6 Å². The average Bonchev–Trinajstić information content (AvgIpc) is 3.53. The van der Waals surface area contributed by atoms with Crippen LogP contribution in [0.4, 0.5) is 11.6 Å². The number of hydrogen-bond donors (Lipinski definition) is 1. The summed E-state index contributed by atoms with van der Waals surface area (Å²) < 4.78 is 9.41. The standard InChI is InChI=1S/C24H22ClN9O/c1-16(13-34-15-28-31-32-34)35-23-9-18(5-8-22(23)25)19-10-26-24(27-11-19)30-21-6-3-17(4-7-21)20-12-29-33(2)14-20/h3-12,14-16H,13H2,1-2H3,(H,26,27,30). The zero-order valence-corrected chi connectivity index (χ0v) is 19.8. The van der Waals surface area contributed by atoms with Crippen LogP contribution in [0.2, 0.25) is 5.02 Å². The molecule has 5 aromatic rings. The van der Waals surface area contributed by atoms with Gasteiger partial charge in [0.25, 0.3) is 0 Å². The van der Waals surface area contributed by atoms with Crippen molar-refractivity contribution in [3.05, 3.63) is 78.6 Å². The van der Waals surface area contributed by atoms with Gasteiger partial charge in [0.1, 0.15) is 18.2 Å². The van der Waals surface area contributed by atoms with Gasteiger partial charge in [-0.3, -0.25) is 4.68 Å². The largest absolute Gasteiger partial charge is 0.487 e. The molecule has 0 amide bonds. The monoisotopic (exact) mass is 487 g/mol. The zero-order valence-electron chi connectivity index (χ0n) is 19.1. The Labute approximate surface area is 206 Å². The molecule has 0 radical (unpaired) electrons. The Morgan fingerprint density at radius 1 is 0.971 bits per heavy atom. The van der Waals surface area contributed by atoms with E-state index in [0.717, 1.165) is 27.9 Å². The third kappa shape index (κ3) is 5.44. The molecule has 0 saturated carbocycles. The minimum Gasteiger partial charge on any atom is -0.487 e. The van der Waals surface area contributed by atoms with Crippen molar-refractivity contribution >= 4 is 23.2 Å². The highest BCUT2D eigenvalue weighted by Gasteiger charge is 2.12. The van der Waals surface area contributed by atoms with E-state index < -0.39 is 0 Å². The minimum atomic E-state index is -0.182. The van der Waals surface area contributed by atoms with Gasteiger partial charge in [0.15, 0.2) is 0 Å². The van der Waals surface area contributed by atoms with Gasteiger partial charge in [-0.05, 0) is 52.7 Å². The van der Waals surface area contributed by atoms with E-state index in [1.54, 1.807) is 34.2 Å². The van der Waals surface area contributed by atoms with Crippen molar-refractivity contribution in [3.63, 3.8) is 0 Å². The molecule has 0 bridgehead atoms. The van der Waals surface area contributed by atoms with E-state index in [4.69, 9.17) is 16.3 Å². The molecular formula is C24H22ClN9O.